The minimum atomic E-state index is 0.216. The van der Waals surface area contributed by atoms with E-state index in [0.717, 1.165) is 49.2 Å². The molecule has 1 amide bonds. The fraction of sp³-hybridized carbons (Fsp3) is 0.737. The van der Waals surface area contributed by atoms with Crippen LogP contribution < -0.4 is 5.32 Å². The third-order valence-electron chi connectivity index (χ3n) is 5.68. The summed E-state index contributed by atoms with van der Waals surface area (Å²) in [6.45, 7) is 7.08. The zero-order chi connectivity index (χ0) is 16.1. The zero-order valence-corrected chi connectivity index (χ0v) is 15.0. The van der Waals surface area contributed by atoms with Gasteiger partial charge >= 0.3 is 0 Å². The van der Waals surface area contributed by atoms with Crippen LogP contribution >= 0.6 is 11.8 Å². The van der Waals surface area contributed by atoms with Gasteiger partial charge < -0.3 is 10.2 Å². The van der Waals surface area contributed by atoms with E-state index in [4.69, 9.17) is 0 Å². The van der Waals surface area contributed by atoms with E-state index >= 15 is 0 Å². The molecule has 1 saturated carbocycles. The molecule has 0 aromatic heterocycles. The molecule has 128 valence electrons. The molecule has 1 aliphatic carbocycles. The van der Waals surface area contributed by atoms with Crippen LogP contribution in [0, 0.1) is 11.8 Å². The predicted octanol–water partition coefficient (Wildman–Crippen LogP) is 3.58. The first kappa shape index (κ1) is 17.1. The molecule has 3 nitrogen and oxygen atoms in total. The van der Waals surface area contributed by atoms with Crippen LogP contribution in [-0.4, -0.2) is 42.2 Å². The number of hydrogen-bond acceptors (Lipinski definition) is 3. The van der Waals surface area contributed by atoms with Crippen molar-refractivity contribution in [2.24, 2.45) is 11.8 Å². The van der Waals surface area contributed by atoms with Crippen molar-refractivity contribution in [3.05, 3.63) is 23.6 Å². The average Bonchev–Trinajstić information content (AvgIpc) is 3.11. The van der Waals surface area contributed by atoms with Crippen LogP contribution in [0.3, 0.4) is 0 Å². The van der Waals surface area contributed by atoms with Crippen LogP contribution in [0.25, 0.3) is 0 Å². The van der Waals surface area contributed by atoms with Crippen LogP contribution in [0.15, 0.2) is 23.6 Å². The van der Waals surface area contributed by atoms with Crippen molar-refractivity contribution < 1.29 is 4.79 Å². The van der Waals surface area contributed by atoms with E-state index in [0.29, 0.717) is 6.04 Å². The van der Waals surface area contributed by atoms with Gasteiger partial charge in [0, 0.05) is 23.9 Å². The van der Waals surface area contributed by atoms with Crippen molar-refractivity contribution in [2.75, 3.05) is 25.4 Å². The van der Waals surface area contributed by atoms with Crippen molar-refractivity contribution in [2.45, 2.75) is 51.0 Å². The van der Waals surface area contributed by atoms with E-state index < -0.39 is 0 Å². The number of thioether (sulfide) groups is 1. The summed E-state index contributed by atoms with van der Waals surface area (Å²) >= 11 is 1.78. The number of amides is 1. The van der Waals surface area contributed by atoms with Gasteiger partial charge in [-0.15, -0.1) is 11.8 Å². The van der Waals surface area contributed by atoms with Crippen molar-refractivity contribution in [1.82, 2.24) is 10.2 Å². The number of likely N-dealkylation sites (tertiary alicyclic amines) is 1. The van der Waals surface area contributed by atoms with Crippen LogP contribution in [0.2, 0.25) is 0 Å². The standard InChI is InChI=1S/C19H30N2OS/c1-2-16(14-23-13-15-9-10-20-12-15)19(22)21-11-5-7-17-6-3-4-8-18(17)21/h2,14-15,17-18,20H,1,3-13H2/b16-14+. The minimum absolute atomic E-state index is 0.216. The molecule has 3 aliphatic rings. The Hall–Kier alpha value is -0.740. The fourth-order valence-electron chi connectivity index (χ4n) is 4.36. The molecule has 0 aromatic carbocycles. The number of rotatable bonds is 5. The van der Waals surface area contributed by atoms with Gasteiger partial charge in [0.2, 0.25) is 0 Å². The summed E-state index contributed by atoms with van der Waals surface area (Å²) in [7, 11) is 0. The number of carbonyl (C=O) groups is 1. The maximum Gasteiger partial charge on any atom is 0.254 e. The molecule has 3 rings (SSSR count). The number of fused-ring (bicyclic) bond motifs is 1. The largest absolute Gasteiger partial charge is 0.335 e. The molecule has 2 heterocycles. The Bertz CT molecular complexity index is 454. The summed E-state index contributed by atoms with van der Waals surface area (Å²) in [5.41, 5.74) is 0.798. The topological polar surface area (TPSA) is 32.3 Å². The molecule has 0 radical (unpaired) electrons. The van der Waals surface area contributed by atoms with Gasteiger partial charge in [-0.2, -0.15) is 0 Å². The first-order valence-electron chi connectivity index (χ1n) is 9.25. The van der Waals surface area contributed by atoms with Crippen LogP contribution in [0.4, 0.5) is 0 Å². The Balaban J connectivity index is 1.60. The molecular weight excluding hydrogens is 304 g/mol. The molecule has 1 N–H and O–H groups in total. The highest BCUT2D eigenvalue weighted by molar-refractivity contribution is 8.02. The highest BCUT2D eigenvalue weighted by Crippen LogP contribution is 2.36. The fourth-order valence-corrected chi connectivity index (χ4v) is 5.39. The summed E-state index contributed by atoms with van der Waals surface area (Å²) in [4.78, 5) is 15.1. The second-order valence-corrected chi connectivity index (χ2v) is 8.12. The van der Waals surface area contributed by atoms with Gasteiger partial charge in [-0.3, -0.25) is 4.79 Å². The molecule has 3 atom stereocenters. The van der Waals surface area contributed by atoms with Crippen LogP contribution in [0.1, 0.15) is 44.9 Å². The second-order valence-electron chi connectivity index (χ2n) is 7.22. The Labute approximate surface area is 145 Å². The average molecular weight is 335 g/mol. The lowest BCUT2D eigenvalue weighted by atomic mass is 9.78. The van der Waals surface area contributed by atoms with Gasteiger partial charge in [0.05, 0.1) is 0 Å². The van der Waals surface area contributed by atoms with Crippen molar-refractivity contribution >= 4 is 17.7 Å². The van der Waals surface area contributed by atoms with Gasteiger partial charge in [0.25, 0.3) is 5.91 Å². The van der Waals surface area contributed by atoms with Gasteiger partial charge in [0.15, 0.2) is 0 Å². The number of nitrogens with zero attached hydrogens (tertiary/aromatic N) is 1. The molecule has 0 bridgehead atoms. The molecule has 2 saturated heterocycles. The Morgan fingerprint density at radius 2 is 2.04 bits per heavy atom. The summed E-state index contributed by atoms with van der Waals surface area (Å²) in [6.07, 6.45) is 10.6. The van der Waals surface area contributed by atoms with Crippen LogP contribution in [-0.2, 0) is 4.79 Å². The molecule has 3 unspecified atom stereocenters. The SMILES string of the molecule is C=C/C(=C\SCC1CCNC1)C(=O)N1CCCC2CCCCC21. The quantitative estimate of drug-likeness (QED) is 0.616. The van der Waals surface area contributed by atoms with Crippen molar-refractivity contribution in [3.63, 3.8) is 0 Å². The normalized spacial score (nSPS) is 31.7. The predicted molar refractivity (Wildman–Crippen MR) is 98.4 cm³/mol. The highest BCUT2D eigenvalue weighted by Gasteiger charge is 2.36. The lowest BCUT2D eigenvalue weighted by molar-refractivity contribution is -0.132. The lowest BCUT2D eigenvalue weighted by Crippen LogP contribution is -2.49. The monoisotopic (exact) mass is 334 g/mol. The van der Waals surface area contributed by atoms with Gasteiger partial charge in [-0.05, 0) is 62.4 Å². The number of piperidine rings is 1. The summed E-state index contributed by atoms with van der Waals surface area (Å²) in [6, 6.07) is 0.484. The smallest absolute Gasteiger partial charge is 0.254 e. The number of carbonyl (C=O) groups excluding carboxylic acids is 1. The molecule has 3 fully saturated rings. The lowest BCUT2D eigenvalue weighted by Gasteiger charge is -2.44. The molecule has 4 heteroatoms. The van der Waals surface area contributed by atoms with Gasteiger partial charge in [-0.1, -0.05) is 25.5 Å². The van der Waals surface area contributed by atoms with E-state index in [-0.39, 0.29) is 5.91 Å². The Morgan fingerprint density at radius 1 is 1.22 bits per heavy atom. The highest BCUT2D eigenvalue weighted by atomic mass is 32.2. The maximum atomic E-state index is 13.0. The van der Waals surface area contributed by atoms with E-state index in [9.17, 15) is 4.79 Å². The summed E-state index contributed by atoms with van der Waals surface area (Å²) in [5.74, 6) is 2.80. The third kappa shape index (κ3) is 4.21. The molecular formula is C19H30N2OS. The van der Waals surface area contributed by atoms with E-state index in [2.05, 4.69) is 22.2 Å². The molecule has 0 aromatic rings. The van der Waals surface area contributed by atoms with Gasteiger partial charge in [0.1, 0.15) is 0 Å². The zero-order valence-electron chi connectivity index (χ0n) is 14.1. The number of hydrogen-bond donors (Lipinski definition) is 1. The minimum Gasteiger partial charge on any atom is -0.335 e. The van der Waals surface area contributed by atoms with E-state index in [1.165, 1.54) is 38.5 Å². The second kappa shape index (κ2) is 8.39. The first-order chi connectivity index (χ1) is 11.3. The summed E-state index contributed by atoms with van der Waals surface area (Å²) < 4.78 is 0. The van der Waals surface area contributed by atoms with Crippen molar-refractivity contribution in [3.8, 4) is 0 Å². The van der Waals surface area contributed by atoms with Crippen molar-refractivity contribution in [1.29, 1.82) is 0 Å². The molecule has 2 aliphatic heterocycles. The maximum absolute atomic E-state index is 13.0. The van der Waals surface area contributed by atoms with Gasteiger partial charge in [-0.25, -0.2) is 0 Å². The third-order valence-corrected chi connectivity index (χ3v) is 6.76. The van der Waals surface area contributed by atoms with Crippen LogP contribution in [0.5, 0.6) is 0 Å². The van der Waals surface area contributed by atoms with E-state index in [1.54, 1.807) is 17.8 Å². The summed E-state index contributed by atoms with van der Waals surface area (Å²) in [5, 5.41) is 5.46. The molecule has 0 spiro atoms. The molecule has 23 heavy (non-hydrogen) atoms. The van der Waals surface area contributed by atoms with E-state index in [1.807, 2.05) is 0 Å². The Kier molecular flexibility index (Phi) is 6.23. The number of nitrogens with one attached hydrogen (secondary N) is 1. The first-order valence-corrected chi connectivity index (χ1v) is 10.3. The Morgan fingerprint density at radius 3 is 2.83 bits per heavy atom.